The minimum absolute atomic E-state index is 0.0739. The van der Waals surface area contributed by atoms with E-state index in [1.807, 2.05) is 5.32 Å². The number of nitrogens with one attached hydrogen (secondary N) is 2. The van der Waals surface area contributed by atoms with Gasteiger partial charge in [-0.05, 0) is 18.2 Å². The molecule has 3 amide bonds. The Kier molecular flexibility index (Phi) is 6.95. The Balaban J connectivity index is 1.79. The van der Waals surface area contributed by atoms with Gasteiger partial charge in [-0.15, -0.1) is 0 Å². The number of esters is 1. The molecule has 0 aromatic heterocycles. The number of urea groups is 1. The van der Waals surface area contributed by atoms with Crippen LogP contribution in [0.2, 0.25) is 0 Å². The highest BCUT2D eigenvalue weighted by Crippen LogP contribution is 2.30. The van der Waals surface area contributed by atoms with E-state index in [1.165, 1.54) is 7.05 Å². The van der Waals surface area contributed by atoms with E-state index in [4.69, 9.17) is 14.2 Å². The Hall–Kier alpha value is -3.10. The molecule has 0 saturated heterocycles. The highest BCUT2D eigenvalue weighted by molar-refractivity contribution is 5.98. The van der Waals surface area contributed by atoms with Gasteiger partial charge in [0.05, 0.1) is 19.6 Å². The van der Waals surface area contributed by atoms with Gasteiger partial charge in [0.15, 0.2) is 23.9 Å². The summed E-state index contributed by atoms with van der Waals surface area (Å²) in [6.07, 6.45) is 0.507. The number of fused-ring (bicyclic) bond motifs is 1. The Morgan fingerprint density at radius 2 is 1.81 bits per heavy atom. The van der Waals surface area contributed by atoms with E-state index in [2.05, 4.69) is 5.32 Å². The second-order valence-corrected chi connectivity index (χ2v) is 5.42. The zero-order valence-corrected chi connectivity index (χ0v) is 14.3. The molecule has 1 aliphatic rings. The van der Waals surface area contributed by atoms with Crippen molar-refractivity contribution < 1.29 is 33.4 Å². The van der Waals surface area contributed by atoms with Crippen molar-refractivity contribution in [2.24, 2.45) is 0 Å². The van der Waals surface area contributed by atoms with Crippen LogP contribution in [0.1, 0.15) is 29.6 Å². The van der Waals surface area contributed by atoms with Crippen molar-refractivity contribution in [2.75, 3.05) is 26.9 Å². The molecule has 0 bridgehead atoms. The highest BCUT2D eigenvalue weighted by atomic mass is 16.5. The molecule has 1 aromatic rings. The van der Waals surface area contributed by atoms with Gasteiger partial charge in [-0.1, -0.05) is 0 Å². The number of hydrogen-bond donors (Lipinski definition) is 2. The lowest BCUT2D eigenvalue weighted by Gasteiger charge is -2.09. The second-order valence-electron chi connectivity index (χ2n) is 5.42. The Bertz CT molecular complexity index is 702. The molecular weight excluding hydrogens is 344 g/mol. The first-order chi connectivity index (χ1) is 12.5. The smallest absolute Gasteiger partial charge is 0.321 e. The number of benzene rings is 1. The molecule has 0 saturated carbocycles. The van der Waals surface area contributed by atoms with E-state index in [9.17, 15) is 19.2 Å². The number of carbonyl (C=O) groups is 4. The fourth-order valence-electron chi connectivity index (χ4n) is 2.14. The monoisotopic (exact) mass is 364 g/mol. The quantitative estimate of drug-likeness (QED) is 0.566. The Morgan fingerprint density at radius 1 is 1.08 bits per heavy atom. The van der Waals surface area contributed by atoms with Crippen LogP contribution in [0.25, 0.3) is 0 Å². The first-order valence-corrected chi connectivity index (χ1v) is 8.09. The van der Waals surface area contributed by atoms with Crippen molar-refractivity contribution in [1.29, 1.82) is 0 Å². The molecule has 9 nitrogen and oxygen atoms in total. The molecule has 1 aliphatic heterocycles. The molecule has 0 aliphatic carbocycles. The second kappa shape index (κ2) is 9.40. The number of ether oxygens (including phenoxy) is 3. The van der Waals surface area contributed by atoms with E-state index in [0.29, 0.717) is 30.3 Å². The molecule has 0 unspecified atom stereocenters. The van der Waals surface area contributed by atoms with Crippen molar-refractivity contribution >= 4 is 23.7 Å². The van der Waals surface area contributed by atoms with Crippen molar-refractivity contribution in [3.05, 3.63) is 23.8 Å². The van der Waals surface area contributed by atoms with Gasteiger partial charge in [0.2, 0.25) is 0 Å². The number of carbonyl (C=O) groups excluding carboxylic acids is 4. The first-order valence-electron chi connectivity index (χ1n) is 8.09. The van der Waals surface area contributed by atoms with E-state index < -0.39 is 24.5 Å². The van der Waals surface area contributed by atoms with E-state index >= 15 is 0 Å². The van der Waals surface area contributed by atoms with Crippen LogP contribution in [0.4, 0.5) is 4.79 Å². The molecular formula is C17H20N2O7. The summed E-state index contributed by atoms with van der Waals surface area (Å²) < 4.78 is 15.7. The lowest BCUT2D eigenvalue weighted by Crippen LogP contribution is -2.39. The Morgan fingerprint density at radius 3 is 2.54 bits per heavy atom. The van der Waals surface area contributed by atoms with Crippen LogP contribution in [0.5, 0.6) is 11.5 Å². The molecule has 0 fully saturated rings. The van der Waals surface area contributed by atoms with E-state index in [-0.39, 0.29) is 18.6 Å². The summed E-state index contributed by atoms with van der Waals surface area (Å²) in [6, 6.07) is 4.16. The fourth-order valence-corrected chi connectivity index (χ4v) is 2.14. The van der Waals surface area contributed by atoms with Gasteiger partial charge in [-0.25, -0.2) is 4.79 Å². The van der Waals surface area contributed by atoms with Crippen LogP contribution in [0.15, 0.2) is 18.2 Å². The summed E-state index contributed by atoms with van der Waals surface area (Å²) in [5.41, 5.74) is 0.402. The van der Waals surface area contributed by atoms with Crippen molar-refractivity contribution in [2.45, 2.75) is 19.3 Å². The normalized spacial score (nSPS) is 12.5. The summed E-state index contributed by atoms with van der Waals surface area (Å²) in [7, 11) is 1.35. The van der Waals surface area contributed by atoms with Crippen LogP contribution in [-0.4, -0.2) is 50.6 Å². The van der Waals surface area contributed by atoms with Gasteiger partial charge >= 0.3 is 12.0 Å². The largest absolute Gasteiger partial charge is 0.490 e. The van der Waals surface area contributed by atoms with Crippen LogP contribution in [-0.2, 0) is 14.3 Å². The lowest BCUT2D eigenvalue weighted by atomic mass is 10.1. The summed E-state index contributed by atoms with van der Waals surface area (Å²) in [5.74, 6) is -0.638. The van der Waals surface area contributed by atoms with Gasteiger partial charge < -0.3 is 19.5 Å². The molecule has 1 heterocycles. The molecule has 9 heteroatoms. The Labute approximate surface area is 150 Å². The SMILES string of the molecule is CNC(=O)NC(=O)COC(=O)CCC(=O)c1ccc2c(c1)OCCCO2. The number of amides is 3. The van der Waals surface area contributed by atoms with Gasteiger partial charge in [-0.3, -0.25) is 19.7 Å². The van der Waals surface area contributed by atoms with Crippen molar-refractivity contribution in [3.63, 3.8) is 0 Å². The zero-order chi connectivity index (χ0) is 18.9. The maximum absolute atomic E-state index is 12.2. The van der Waals surface area contributed by atoms with Gasteiger partial charge in [0.25, 0.3) is 5.91 Å². The number of imide groups is 1. The number of hydrogen-bond acceptors (Lipinski definition) is 7. The van der Waals surface area contributed by atoms with Gasteiger partial charge in [-0.2, -0.15) is 0 Å². The maximum atomic E-state index is 12.2. The van der Waals surface area contributed by atoms with E-state index in [1.54, 1.807) is 18.2 Å². The summed E-state index contributed by atoms with van der Waals surface area (Å²) in [4.78, 5) is 46.0. The third-order valence-corrected chi connectivity index (χ3v) is 3.47. The van der Waals surface area contributed by atoms with Crippen molar-refractivity contribution in [1.82, 2.24) is 10.6 Å². The average Bonchev–Trinajstić information content (AvgIpc) is 2.88. The zero-order valence-electron chi connectivity index (χ0n) is 14.3. The highest BCUT2D eigenvalue weighted by Gasteiger charge is 2.16. The molecule has 2 rings (SSSR count). The predicted molar refractivity (Wildman–Crippen MR) is 89.2 cm³/mol. The minimum atomic E-state index is -0.757. The number of rotatable bonds is 6. The molecule has 0 atom stereocenters. The molecule has 0 spiro atoms. The third-order valence-electron chi connectivity index (χ3n) is 3.47. The van der Waals surface area contributed by atoms with Crippen molar-refractivity contribution in [3.8, 4) is 11.5 Å². The summed E-state index contributed by atoms with van der Waals surface area (Å²) in [6.45, 7) is 0.471. The van der Waals surface area contributed by atoms with Gasteiger partial charge in [0, 0.05) is 25.5 Å². The molecule has 0 radical (unpaired) electrons. The predicted octanol–water partition coefficient (Wildman–Crippen LogP) is 0.810. The van der Waals surface area contributed by atoms with Gasteiger partial charge in [0.1, 0.15) is 0 Å². The average molecular weight is 364 g/mol. The van der Waals surface area contributed by atoms with Crippen LogP contribution >= 0.6 is 0 Å². The third kappa shape index (κ3) is 5.76. The summed E-state index contributed by atoms with van der Waals surface area (Å²) in [5, 5.41) is 4.14. The molecule has 140 valence electrons. The fraction of sp³-hybridized carbons (Fsp3) is 0.412. The number of ketones is 1. The molecule has 1 aromatic carbocycles. The van der Waals surface area contributed by atoms with Crippen LogP contribution in [0, 0.1) is 0 Å². The molecule has 2 N–H and O–H groups in total. The topological polar surface area (TPSA) is 120 Å². The molecule has 26 heavy (non-hydrogen) atoms. The first kappa shape index (κ1) is 19.2. The van der Waals surface area contributed by atoms with E-state index in [0.717, 1.165) is 6.42 Å². The van der Waals surface area contributed by atoms with Crippen LogP contribution < -0.4 is 20.1 Å². The lowest BCUT2D eigenvalue weighted by molar-refractivity contribution is -0.148. The number of Topliss-reactive ketones (excluding diaryl/α,β-unsaturated/α-hetero) is 1. The summed E-state index contributed by atoms with van der Waals surface area (Å²) >= 11 is 0. The minimum Gasteiger partial charge on any atom is -0.490 e. The standard InChI is InChI=1S/C17H20N2O7/c1-18-17(23)19-15(21)10-26-16(22)6-4-12(20)11-3-5-13-14(9-11)25-8-2-7-24-13/h3,5,9H,2,4,6-8,10H2,1H3,(H2,18,19,21,23). The van der Waals surface area contributed by atoms with Crippen LogP contribution in [0.3, 0.4) is 0 Å². The maximum Gasteiger partial charge on any atom is 0.321 e.